The number of benzene rings is 2. The average Bonchev–Trinajstić information content (AvgIpc) is 3.37. The molecule has 2 N–H and O–H groups in total. The molecule has 1 saturated heterocycles. The second kappa shape index (κ2) is 8.29. The van der Waals surface area contributed by atoms with Gasteiger partial charge in [0.1, 0.15) is 5.75 Å². The highest BCUT2D eigenvalue weighted by Crippen LogP contribution is 2.27. The highest BCUT2D eigenvalue weighted by atomic mass is 16.5. The number of aromatic amines is 1. The van der Waals surface area contributed by atoms with Crippen molar-refractivity contribution in [2.24, 2.45) is 0 Å². The lowest BCUT2D eigenvalue weighted by atomic mass is 10.0. The fraction of sp³-hybridized carbons (Fsp3) is 0.375. The summed E-state index contributed by atoms with van der Waals surface area (Å²) in [5, 5.41) is 4.28. The van der Waals surface area contributed by atoms with Crippen molar-refractivity contribution in [1.29, 1.82) is 0 Å². The highest BCUT2D eigenvalue weighted by Gasteiger charge is 2.24. The summed E-state index contributed by atoms with van der Waals surface area (Å²) in [7, 11) is 1.69. The Bertz CT molecular complexity index is 1020. The zero-order valence-electron chi connectivity index (χ0n) is 17.4. The van der Waals surface area contributed by atoms with Crippen LogP contribution >= 0.6 is 0 Å². The number of aromatic nitrogens is 1. The van der Waals surface area contributed by atoms with Gasteiger partial charge in [0.2, 0.25) is 0 Å². The standard InChI is InChI=1S/C24H29N3O2/c1-16-17(2)26-22-10-9-19(14-21(16)22)24(28)25-15-23(27-11-4-5-12-27)18-7-6-8-20(13-18)29-3/h6-10,13-14,23,26H,4-5,11-12,15H2,1-3H3,(H,25,28)/t23-/m0/s1. The van der Waals surface area contributed by atoms with E-state index in [-0.39, 0.29) is 11.9 Å². The quantitative estimate of drug-likeness (QED) is 0.656. The minimum absolute atomic E-state index is 0.0303. The molecule has 2 heterocycles. The van der Waals surface area contributed by atoms with E-state index >= 15 is 0 Å². The number of nitrogens with one attached hydrogen (secondary N) is 2. The zero-order valence-corrected chi connectivity index (χ0v) is 17.4. The second-order valence-electron chi connectivity index (χ2n) is 7.88. The molecule has 3 aromatic rings. The van der Waals surface area contributed by atoms with Crippen LogP contribution in [0.15, 0.2) is 42.5 Å². The van der Waals surface area contributed by atoms with Gasteiger partial charge in [-0.1, -0.05) is 12.1 Å². The molecule has 0 saturated carbocycles. The van der Waals surface area contributed by atoms with Crippen molar-refractivity contribution in [1.82, 2.24) is 15.2 Å². The van der Waals surface area contributed by atoms with E-state index in [0.29, 0.717) is 12.1 Å². The summed E-state index contributed by atoms with van der Waals surface area (Å²) >= 11 is 0. The number of carbonyl (C=O) groups excluding carboxylic acids is 1. The van der Waals surface area contributed by atoms with E-state index in [4.69, 9.17) is 4.74 Å². The van der Waals surface area contributed by atoms with Gasteiger partial charge in [0.15, 0.2) is 0 Å². The van der Waals surface area contributed by atoms with Crippen molar-refractivity contribution in [2.75, 3.05) is 26.7 Å². The minimum Gasteiger partial charge on any atom is -0.497 e. The number of carbonyl (C=O) groups is 1. The zero-order chi connectivity index (χ0) is 20.4. The molecular weight excluding hydrogens is 362 g/mol. The average molecular weight is 392 g/mol. The Labute approximate surface area is 172 Å². The van der Waals surface area contributed by atoms with Crippen molar-refractivity contribution < 1.29 is 9.53 Å². The Morgan fingerprint density at radius 3 is 2.72 bits per heavy atom. The smallest absolute Gasteiger partial charge is 0.251 e. The van der Waals surface area contributed by atoms with Gasteiger partial charge in [0.25, 0.3) is 5.91 Å². The van der Waals surface area contributed by atoms with Gasteiger partial charge in [-0.05, 0) is 81.2 Å². The maximum absolute atomic E-state index is 12.9. The number of methoxy groups -OCH3 is 1. The van der Waals surface area contributed by atoms with Gasteiger partial charge < -0.3 is 15.0 Å². The van der Waals surface area contributed by atoms with E-state index in [2.05, 4.69) is 41.2 Å². The first-order valence-electron chi connectivity index (χ1n) is 10.3. The molecule has 1 aromatic heterocycles. The van der Waals surface area contributed by atoms with Crippen LogP contribution in [-0.2, 0) is 0 Å². The summed E-state index contributed by atoms with van der Waals surface area (Å²) in [6.07, 6.45) is 2.41. The molecule has 29 heavy (non-hydrogen) atoms. The second-order valence-corrected chi connectivity index (χ2v) is 7.88. The molecule has 0 bridgehead atoms. The van der Waals surface area contributed by atoms with Crippen LogP contribution in [0.3, 0.4) is 0 Å². The number of H-pyrrole nitrogens is 1. The number of rotatable bonds is 6. The molecule has 0 aliphatic carbocycles. The molecule has 4 rings (SSSR count). The Kier molecular flexibility index (Phi) is 5.58. The van der Waals surface area contributed by atoms with E-state index in [1.165, 1.54) is 24.0 Å². The highest BCUT2D eigenvalue weighted by molar-refractivity contribution is 5.99. The number of ether oxygens (including phenoxy) is 1. The summed E-state index contributed by atoms with van der Waals surface area (Å²) in [5.41, 5.74) is 5.29. The predicted molar refractivity (Wildman–Crippen MR) is 117 cm³/mol. The third-order valence-electron chi connectivity index (χ3n) is 6.09. The van der Waals surface area contributed by atoms with Gasteiger partial charge in [-0.15, -0.1) is 0 Å². The van der Waals surface area contributed by atoms with E-state index < -0.39 is 0 Å². The Morgan fingerprint density at radius 1 is 1.17 bits per heavy atom. The number of hydrogen-bond acceptors (Lipinski definition) is 3. The van der Waals surface area contributed by atoms with Gasteiger partial charge in [0.05, 0.1) is 13.2 Å². The van der Waals surface area contributed by atoms with Gasteiger partial charge in [0, 0.05) is 28.7 Å². The number of aryl methyl sites for hydroxylation is 2. The maximum atomic E-state index is 12.9. The molecule has 5 nitrogen and oxygen atoms in total. The number of amides is 1. The molecule has 5 heteroatoms. The predicted octanol–water partition coefficient (Wildman–Crippen LogP) is 4.36. The topological polar surface area (TPSA) is 57.4 Å². The largest absolute Gasteiger partial charge is 0.497 e. The van der Waals surface area contributed by atoms with Gasteiger partial charge in [-0.25, -0.2) is 0 Å². The maximum Gasteiger partial charge on any atom is 0.251 e. The Hall–Kier alpha value is -2.79. The summed E-state index contributed by atoms with van der Waals surface area (Å²) in [5.74, 6) is 0.819. The minimum atomic E-state index is -0.0303. The van der Waals surface area contributed by atoms with Gasteiger partial charge >= 0.3 is 0 Å². The molecule has 1 aliphatic rings. The first-order valence-corrected chi connectivity index (χ1v) is 10.3. The summed E-state index contributed by atoms with van der Waals surface area (Å²) in [4.78, 5) is 18.7. The molecule has 2 aromatic carbocycles. The fourth-order valence-corrected chi connectivity index (χ4v) is 4.25. The summed E-state index contributed by atoms with van der Waals surface area (Å²) < 4.78 is 5.41. The summed E-state index contributed by atoms with van der Waals surface area (Å²) in [6, 6.07) is 14.2. The molecule has 1 fully saturated rings. The SMILES string of the molecule is COc1cccc([C@H](CNC(=O)c2ccc3[nH]c(C)c(C)c3c2)N2CCCC2)c1. The molecule has 1 atom stereocenters. The number of hydrogen-bond donors (Lipinski definition) is 2. The van der Waals surface area contributed by atoms with Crippen molar-refractivity contribution in [3.05, 3.63) is 64.8 Å². The molecule has 0 spiro atoms. The first kappa shape index (κ1) is 19.5. The van der Waals surface area contributed by atoms with Crippen LogP contribution in [-0.4, -0.2) is 42.5 Å². The Balaban J connectivity index is 1.53. The third-order valence-corrected chi connectivity index (χ3v) is 6.09. The molecule has 1 amide bonds. The molecular formula is C24H29N3O2. The lowest BCUT2D eigenvalue weighted by molar-refractivity contribution is 0.0938. The van der Waals surface area contributed by atoms with E-state index in [1.807, 2.05) is 30.3 Å². The summed E-state index contributed by atoms with van der Waals surface area (Å²) in [6.45, 7) is 6.85. The number of fused-ring (bicyclic) bond motifs is 1. The van der Waals surface area contributed by atoms with Crippen molar-refractivity contribution >= 4 is 16.8 Å². The lowest BCUT2D eigenvalue weighted by Crippen LogP contribution is -2.36. The Morgan fingerprint density at radius 2 is 1.97 bits per heavy atom. The molecule has 0 unspecified atom stereocenters. The van der Waals surface area contributed by atoms with Crippen LogP contribution in [0, 0.1) is 13.8 Å². The van der Waals surface area contributed by atoms with Crippen molar-refractivity contribution in [3.8, 4) is 5.75 Å². The first-order chi connectivity index (χ1) is 14.1. The van der Waals surface area contributed by atoms with Crippen molar-refractivity contribution in [3.63, 3.8) is 0 Å². The molecule has 1 aliphatic heterocycles. The van der Waals surface area contributed by atoms with Crippen molar-refractivity contribution in [2.45, 2.75) is 32.7 Å². The van der Waals surface area contributed by atoms with Gasteiger partial charge in [-0.3, -0.25) is 9.69 Å². The van der Waals surface area contributed by atoms with Crippen LogP contribution in [0.5, 0.6) is 5.75 Å². The van der Waals surface area contributed by atoms with Crippen LogP contribution in [0.2, 0.25) is 0 Å². The molecule has 0 radical (unpaired) electrons. The monoisotopic (exact) mass is 391 g/mol. The van der Waals surface area contributed by atoms with Crippen LogP contribution in [0.25, 0.3) is 10.9 Å². The van der Waals surface area contributed by atoms with E-state index in [0.717, 1.165) is 35.4 Å². The van der Waals surface area contributed by atoms with Crippen LogP contribution in [0.4, 0.5) is 0 Å². The number of likely N-dealkylation sites (tertiary alicyclic amines) is 1. The normalized spacial score (nSPS) is 15.6. The van der Waals surface area contributed by atoms with E-state index in [1.54, 1.807) is 7.11 Å². The lowest BCUT2D eigenvalue weighted by Gasteiger charge is -2.28. The van der Waals surface area contributed by atoms with E-state index in [9.17, 15) is 4.79 Å². The van der Waals surface area contributed by atoms with Crippen LogP contribution in [0.1, 0.15) is 46.1 Å². The van der Waals surface area contributed by atoms with Gasteiger partial charge in [-0.2, -0.15) is 0 Å². The number of nitrogens with zero attached hydrogens (tertiary/aromatic N) is 1. The molecule has 152 valence electrons. The third kappa shape index (κ3) is 4.01. The fourth-order valence-electron chi connectivity index (χ4n) is 4.25. The van der Waals surface area contributed by atoms with Crippen LogP contribution < -0.4 is 10.1 Å².